The maximum absolute atomic E-state index is 12.8. The summed E-state index contributed by atoms with van der Waals surface area (Å²) in [6.07, 6.45) is 4.17. The summed E-state index contributed by atoms with van der Waals surface area (Å²) in [7, 11) is -3.23. The number of nitrogens with zero attached hydrogens (tertiary/aromatic N) is 2. The minimum Gasteiger partial charge on any atom is -0.316 e. The van der Waals surface area contributed by atoms with Gasteiger partial charge in [-0.1, -0.05) is 6.42 Å². The molecule has 118 valence electrons. The smallest absolute Gasteiger partial charge is 0.282 e. The van der Waals surface area contributed by atoms with Crippen LogP contribution < -0.4 is 5.32 Å². The minimum absolute atomic E-state index is 0. The zero-order valence-corrected chi connectivity index (χ0v) is 13.8. The van der Waals surface area contributed by atoms with Gasteiger partial charge in [0, 0.05) is 25.7 Å². The number of piperidine rings is 2. The molecule has 20 heavy (non-hydrogen) atoms. The van der Waals surface area contributed by atoms with Gasteiger partial charge >= 0.3 is 0 Å². The molecule has 3 unspecified atom stereocenters. The molecule has 0 aliphatic carbocycles. The third kappa shape index (κ3) is 2.99. The molecule has 0 radical (unpaired) electrons. The van der Waals surface area contributed by atoms with Gasteiger partial charge in [0.25, 0.3) is 10.2 Å². The summed E-state index contributed by atoms with van der Waals surface area (Å²) < 4.78 is 29.0. The average Bonchev–Trinajstić information content (AvgIpc) is 2.86. The highest BCUT2D eigenvalue weighted by Crippen LogP contribution is 2.30. The summed E-state index contributed by atoms with van der Waals surface area (Å²) >= 11 is 0. The van der Waals surface area contributed by atoms with Crippen molar-refractivity contribution in [3.8, 4) is 0 Å². The highest BCUT2D eigenvalue weighted by Gasteiger charge is 2.41. The Morgan fingerprint density at radius 1 is 1.05 bits per heavy atom. The number of fused-ring (bicyclic) bond motifs is 1. The van der Waals surface area contributed by atoms with Crippen LogP contribution in [0, 0.1) is 11.8 Å². The molecule has 0 saturated carbocycles. The molecule has 0 bridgehead atoms. The van der Waals surface area contributed by atoms with Gasteiger partial charge in [-0.15, -0.1) is 12.4 Å². The number of rotatable bonds is 2. The third-order valence-corrected chi connectivity index (χ3v) is 7.15. The van der Waals surface area contributed by atoms with E-state index in [9.17, 15) is 8.42 Å². The normalized spacial score (nSPS) is 36.4. The molecular formula is C13H26ClN3O2S. The first-order valence-corrected chi connectivity index (χ1v) is 8.96. The molecule has 3 rings (SSSR count). The average molecular weight is 324 g/mol. The Morgan fingerprint density at radius 2 is 1.80 bits per heavy atom. The molecule has 3 aliphatic rings. The highest BCUT2D eigenvalue weighted by atomic mass is 35.5. The summed E-state index contributed by atoms with van der Waals surface area (Å²) in [5.41, 5.74) is 0. The van der Waals surface area contributed by atoms with Gasteiger partial charge in [-0.2, -0.15) is 17.0 Å². The number of nitrogens with one attached hydrogen (secondary N) is 1. The first-order chi connectivity index (χ1) is 9.09. The van der Waals surface area contributed by atoms with Crippen LogP contribution in [-0.4, -0.2) is 55.8 Å². The van der Waals surface area contributed by atoms with E-state index in [1.807, 2.05) is 6.92 Å². The minimum atomic E-state index is -3.23. The Balaban J connectivity index is 0.00000147. The van der Waals surface area contributed by atoms with Crippen LogP contribution in [0.25, 0.3) is 0 Å². The van der Waals surface area contributed by atoms with Gasteiger partial charge in [-0.25, -0.2) is 0 Å². The largest absolute Gasteiger partial charge is 0.316 e. The molecule has 3 aliphatic heterocycles. The Kier molecular flexibility index (Phi) is 5.34. The van der Waals surface area contributed by atoms with Crippen molar-refractivity contribution in [1.29, 1.82) is 0 Å². The van der Waals surface area contributed by atoms with Crippen molar-refractivity contribution in [1.82, 2.24) is 13.9 Å². The molecule has 3 atom stereocenters. The van der Waals surface area contributed by atoms with Gasteiger partial charge in [0.05, 0.1) is 0 Å². The maximum atomic E-state index is 12.8. The second-order valence-electron chi connectivity index (χ2n) is 6.29. The Bertz CT molecular complexity index is 431. The van der Waals surface area contributed by atoms with Crippen LogP contribution in [0.4, 0.5) is 0 Å². The summed E-state index contributed by atoms with van der Waals surface area (Å²) in [5.74, 6) is 1.20. The molecular weight excluding hydrogens is 298 g/mol. The van der Waals surface area contributed by atoms with Crippen LogP contribution in [0.2, 0.25) is 0 Å². The van der Waals surface area contributed by atoms with E-state index in [2.05, 4.69) is 5.32 Å². The van der Waals surface area contributed by atoms with E-state index in [4.69, 9.17) is 0 Å². The van der Waals surface area contributed by atoms with E-state index >= 15 is 0 Å². The SMILES string of the molecule is CC1CCCCN1S(=O)(=O)N1CCC2CNCC2C1.Cl. The predicted octanol–water partition coefficient (Wildman–Crippen LogP) is 1.07. The van der Waals surface area contributed by atoms with E-state index in [-0.39, 0.29) is 18.4 Å². The lowest BCUT2D eigenvalue weighted by Crippen LogP contribution is -2.53. The summed E-state index contributed by atoms with van der Waals surface area (Å²) in [6, 6.07) is 0.165. The third-order valence-electron chi connectivity index (χ3n) is 5.03. The van der Waals surface area contributed by atoms with E-state index < -0.39 is 10.2 Å². The van der Waals surface area contributed by atoms with Crippen LogP contribution in [0.1, 0.15) is 32.6 Å². The molecule has 1 N–H and O–H groups in total. The lowest BCUT2D eigenvalue weighted by atomic mass is 9.90. The fourth-order valence-corrected chi connectivity index (χ4v) is 5.71. The quantitative estimate of drug-likeness (QED) is 0.827. The van der Waals surface area contributed by atoms with Crippen molar-refractivity contribution in [2.24, 2.45) is 11.8 Å². The van der Waals surface area contributed by atoms with Crippen molar-refractivity contribution in [2.75, 3.05) is 32.7 Å². The van der Waals surface area contributed by atoms with Crippen LogP contribution in [0.5, 0.6) is 0 Å². The fourth-order valence-electron chi connectivity index (χ4n) is 3.77. The van der Waals surface area contributed by atoms with Crippen molar-refractivity contribution in [3.63, 3.8) is 0 Å². The van der Waals surface area contributed by atoms with E-state index in [0.29, 0.717) is 31.5 Å². The zero-order valence-electron chi connectivity index (χ0n) is 12.1. The van der Waals surface area contributed by atoms with Crippen molar-refractivity contribution >= 4 is 22.6 Å². The second kappa shape index (κ2) is 6.48. The van der Waals surface area contributed by atoms with Crippen molar-refractivity contribution < 1.29 is 8.42 Å². The second-order valence-corrected chi connectivity index (χ2v) is 8.17. The Morgan fingerprint density at radius 3 is 2.55 bits per heavy atom. The molecule has 3 heterocycles. The first-order valence-electron chi connectivity index (χ1n) is 7.56. The molecule has 3 saturated heterocycles. The van der Waals surface area contributed by atoms with Gasteiger partial charge in [-0.3, -0.25) is 0 Å². The number of hydrogen-bond acceptors (Lipinski definition) is 3. The molecule has 0 aromatic carbocycles. The highest BCUT2D eigenvalue weighted by molar-refractivity contribution is 7.86. The molecule has 0 aromatic rings. The van der Waals surface area contributed by atoms with Crippen LogP contribution in [-0.2, 0) is 10.2 Å². The standard InChI is InChI=1S/C13H25N3O2S.ClH/c1-11-4-2-3-6-16(11)19(17,18)15-7-5-12-8-14-9-13(12)10-15;/h11-14H,2-10H2,1H3;1H. The molecule has 0 aromatic heterocycles. The molecule has 5 nitrogen and oxygen atoms in total. The fraction of sp³-hybridized carbons (Fsp3) is 1.00. The summed E-state index contributed by atoms with van der Waals surface area (Å²) in [4.78, 5) is 0. The van der Waals surface area contributed by atoms with E-state index in [1.165, 1.54) is 0 Å². The molecule has 0 spiro atoms. The van der Waals surface area contributed by atoms with Crippen molar-refractivity contribution in [2.45, 2.75) is 38.6 Å². The number of halogens is 1. The summed E-state index contributed by atoms with van der Waals surface area (Å²) in [6.45, 7) is 6.20. The monoisotopic (exact) mass is 323 g/mol. The van der Waals surface area contributed by atoms with E-state index in [1.54, 1.807) is 8.61 Å². The van der Waals surface area contributed by atoms with Gasteiger partial charge in [0.15, 0.2) is 0 Å². The zero-order chi connectivity index (χ0) is 13.5. The van der Waals surface area contributed by atoms with Crippen molar-refractivity contribution in [3.05, 3.63) is 0 Å². The molecule has 0 amide bonds. The van der Waals surface area contributed by atoms with Gasteiger partial charge in [0.2, 0.25) is 0 Å². The Labute approximate surface area is 128 Å². The van der Waals surface area contributed by atoms with Crippen LogP contribution in [0.15, 0.2) is 0 Å². The predicted molar refractivity (Wildman–Crippen MR) is 82.2 cm³/mol. The van der Waals surface area contributed by atoms with Crippen LogP contribution in [0.3, 0.4) is 0 Å². The van der Waals surface area contributed by atoms with Gasteiger partial charge in [0.1, 0.15) is 0 Å². The summed E-state index contributed by atoms with van der Waals surface area (Å²) in [5, 5.41) is 3.39. The lowest BCUT2D eigenvalue weighted by molar-refractivity contribution is 0.195. The molecule has 7 heteroatoms. The lowest BCUT2D eigenvalue weighted by Gasteiger charge is -2.40. The maximum Gasteiger partial charge on any atom is 0.282 e. The number of hydrogen-bond donors (Lipinski definition) is 1. The van der Waals surface area contributed by atoms with Gasteiger partial charge < -0.3 is 5.32 Å². The first kappa shape index (κ1) is 16.5. The Hall–Kier alpha value is 0.120. The topological polar surface area (TPSA) is 52.7 Å². The van der Waals surface area contributed by atoms with Crippen LogP contribution >= 0.6 is 12.4 Å². The van der Waals surface area contributed by atoms with Gasteiger partial charge in [-0.05, 0) is 51.1 Å². The molecule has 3 fully saturated rings. The van der Waals surface area contributed by atoms with E-state index in [0.717, 1.165) is 38.8 Å².